The van der Waals surface area contributed by atoms with Crippen LogP contribution in [0.25, 0.3) is 12.2 Å². The summed E-state index contributed by atoms with van der Waals surface area (Å²) in [4.78, 5) is 12.7. The normalized spacial score (nSPS) is 10.7. The van der Waals surface area contributed by atoms with Crippen LogP contribution in [0.3, 0.4) is 0 Å². The van der Waals surface area contributed by atoms with Gasteiger partial charge in [-0.15, -0.1) is 11.3 Å². The fourth-order valence-electron chi connectivity index (χ4n) is 2.03. The van der Waals surface area contributed by atoms with Crippen LogP contribution >= 0.6 is 11.3 Å². The lowest BCUT2D eigenvalue weighted by molar-refractivity contribution is 0.103. The molecular formula is C19H15NOS. The molecule has 1 amide bonds. The average molecular weight is 305 g/mol. The summed E-state index contributed by atoms with van der Waals surface area (Å²) in [7, 11) is 0. The molecule has 108 valence electrons. The number of benzene rings is 2. The van der Waals surface area contributed by atoms with Crippen molar-refractivity contribution >= 4 is 35.1 Å². The van der Waals surface area contributed by atoms with Crippen molar-refractivity contribution in [2.24, 2.45) is 0 Å². The van der Waals surface area contributed by atoms with Crippen molar-refractivity contribution in [2.45, 2.75) is 0 Å². The van der Waals surface area contributed by atoms with E-state index in [0.29, 0.717) is 4.88 Å². The Morgan fingerprint density at radius 3 is 2.14 bits per heavy atom. The third-order valence-corrected chi connectivity index (χ3v) is 4.05. The minimum Gasteiger partial charge on any atom is -0.321 e. The number of rotatable bonds is 4. The van der Waals surface area contributed by atoms with Crippen LogP contribution < -0.4 is 5.32 Å². The lowest BCUT2D eigenvalue weighted by Gasteiger charge is -2.03. The lowest BCUT2D eigenvalue weighted by Crippen LogP contribution is -2.09. The number of anilines is 1. The molecule has 0 aliphatic carbocycles. The Hall–Kier alpha value is -2.65. The van der Waals surface area contributed by atoms with Gasteiger partial charge in [0, 0.05) is 5.69 Å². The molecule has 3 heteroatoms. The first-order chi connectivity index (χ1) is 10.8. The van der Waals surface area contributed by atoms with Crippen molar-refractivity contribution in [1.29, 1.82) is 0 Å². The van der Waals surface area contributed by atoms with E-state index in [1.165, 1.54) is 11.3 Å². The maximum Gasteiger partial charge on any atom is 0.265 e. The molecule has 0 saturated carbocycles. The summed E-state index contributed by atoms with van der Waals surface area (Å²) in [6.45, 7) is 0. The van der Waals surface area contributed by atoms with Crippen LogP contribution in [0.2, 0.25) is 0 Å². The predicted octanol–water partition coefficient (Wildman–Crippen LogP) is 5.17. The molecule has 0 spiro atoms. The van der Waals surface area contributed by atoms with Crippen LogP contribution in [-0.4, -0.2) is 5.91 Å². The zero-order valence-electron chi connectivity index (χ0n) is 11.9. The largest absolute Gasteiger partial charge is 0.321 e. The zero-order chi connectivity index (χ0) is 15.2. The fraction of sp³-hybridized carbons (Fsp3) is 0. The highest BCUT2D eigenvalue weighted by Crippen LogP contribution is 2.15. The van der Waals surface area contributed by atoms with Crippen LogP contribution in [-0.2, 0) is 0 Å². The number of nitrogens with one attached hydrogen (secondary N) is 1. The number of hydrogen-bond acceptors (Lipinski definition) is 2. The molecule has 22 heavy (non-hydrogen) atoms. The van der Waals surface area contributed by atoms with Crippen molar-refractivity contribution in [1.82, 2.24) is 0 Å². The first kappa shape index (κ1) is 14.3. The lowest BCUT2D eigenvalue weighted by atomic mass is 10.1. The van der Waals surface area contributed by atoms with Crippen LogP contribution in [0.15, 0.2) is 72.1 Å². The van der Waals surface area contributed by atoms with E-state index in [1.54, 1.807) is 0 Å². The molecule has 1 N–H and O–H groups in total. The molecule has 0 atom stereocenters. The molecule has 1 aromatic heterocycles. The molecular weight excluding hydrogens is 290 g/mol. The number of hydrogen-bond donors (Lipinski definition) is 1. The Balaban J connectivity index is 1.65. The van der Waals surface area contributed by atoms with Crippen molar-refractivity contribution in [3.63, 3.8) is 0 Å². The second kappa shape index (κ2) is 6.87. The smallest absolute Gasteiger partial charge is 0.265 e. The summed E-state index contributed by atoms with van der Waals surface area (Å²) < 4.78 is 0. The average Bonchev–Trinajstić information content (AvgIpc) is 3.10. The molecule has 0 unspecified atom stereocenters. The van der Waals surface area contributed by atoms with Gasteiger partial charge in [-0.05, 0) is 34.7 Å². The number of carbonyl (C=O) groups excluding carboxylic acids is 1. The van der Waals surface area contributed by atoms with E-state index < -0.39 is 0 Å². The van der Waals surface area contributed by atoms with E-state index >= 15 is 0 Å². The summed E-state index contributed by atoms with van der Waals surface area (Å²) in [6, 6.07) is 21.7. The first-order valence-corrected chi connectivity index (χ1v) is 7.87. The van der Waals surface area contributed by atoms with Crippen molar-refractivity contribution in [3.05, 3.63) is 88.1 Å². The van der Waals surface area contributed by atoms with Crippen LogP contribution in [0.4, 0.5) is 5.69 Å². The molecule has 0 radical (unpaired) electrons. The highest BCUT2D eigenvalue weighted by molar-refractivity contribution is 7.12. The highest BCUT2D eigenvalue weighted by atomic mass is 32.1. The van der Waals surface area contributed by atoms with Crippen molar-refractivity contribution in [2.75, 3.05) is 5.32 Å². The van der Waals surface area contributed by atoms with Gasteiger partial charge in [-0.3, -0.25) is 4.79 Å². The minimum atomic E-state index is -0.0671. The van der Waals surface area contributed by atoms with Crippen molar-refractivity contribution in [3.8, 4) is 0 Å². The molecule has 2 nitrogen and oxygen atoms in total. The Labute approximate surface area is 133 Å². The van der Waals surface area contributed by atoms with Gasteiger partial charge in [-0.2, -0.15) is 0 Å². The third kappa shape index (κ3) is 3.71. The van der Waals surface area contributed by atoms with E-state index in [4.69, 9.17) is 0 Å². The summed E-state index contributed by atoms with van der Waals surface area (Å²) in [5.74, 6) is -0.0671. The van der Waals surface area contributed by atoms with E-state index in [0.717, 1.165) is 16.8 Å². The molecule has 0 bridgehead atoms. The van der Waals surface area contributed by atoms with Gasteiger partial charge in [0.2, 0.25) is 0 Å². The maximum absolute atomic E-state index is 12.0. The molecule has 3 aromatic rings. The molecule has 0 aliphatic rings. The van der Waals surface area contributed by atoms with E-state index in [-0.39, 0.29) is 5.91 Å². The van der Waals surface area contributed by atoms with Crippen LogP contribution in [0, 0.1) is 0 Å². The van der Waals surface area contributed by atoms with E-state index in [9.17, 15) is 4.79 Å². The zero-order valence-corrected chi connectivity index (χ0v) is 12.7. The quantitative estimate of drug-likeness (QED) is 0.662. The van der Waals surface area contributed by atoms with Gasteiger partial charge in [0.05, 0.1) is 4.88 Å². The fourth-order valence-corrected chi connectivity index (χ4v) is 2.65. The number of amides is 1. The summed E-state index contributed by atoms with van der Waals surface area (Å²) in [5.41, 5.74) is 3.06. The first-order valence-electron chi connectivity index (χ1n) is 6.99. The predicted molar refractivity (Wildman–Crippen MR) is 94.1 cm³/mol. The standard InChI is InChI=1S/C19H15NOS/c21-19(18-7-4-14-22-18)20-17-12-10-16(11-13-17)9-8-15-5-2-1-3-6-15/h1-14H,(H,20,21). The second-order valence-corrected chi connectivity index (χ2v) is 5.75. The highest BCUT2D eigenvalue weighted by Gasteiger charge is 2.06. The van der Waals surface area contributed by atoms with Crippen molar-refractivity contribution < 1.29 is 4.79 Å². The third-order valence-electron chi connectivity index (χ3n) is 3.18. The topological polar surface area (TPSA) is 29.1 Å². The molecule has 0 aliphatic heterocycles. The maximum atomic E-state index is 12.0. The Bertz CT molecular complexity index is 759. The molecule has 3 rings (SSSR count). The monoisotopic (exact) mass is 305 g/mol. The Morgan fingerprint density at radius 1 is 0.818 bits per heavy atom. The second-order valence-electron chi connectivity index (χ2n) is 4.80. The van der Waals surface area contributed by atoms with Crippen LogP contribution in [0.1, 0.15) is 20.8 Å². The molecule has 0 saturated heterocycles. The number of carbonyl (C=O) groups is 1. The van der Waals surface area contributed by atoms with E-state index in [2.05, 4.69) is 29.6 Å². The molecule has 2 aromatic carbocycles. The van der Waals surface area contributed by atoms with Gasteiger partial charge < -0.3 is 5.32 Å². The van der Waals surface area contributed by atoms with Crippen LogP contribution in [0.5, 0.6) is 0 Å². The summed E-state index contributed by atoms with van der Waals surface area (Å²) >= 11 is 1.44. The SMILES string of the molecule is O=C(Nc1ccc(C=Cc2ccccc2)cc1)c1cccs1. The summed E-state index contributed by atoms with van der Waals surface area (Å²) in [5, 5.41) is 4.79. The molecule has 0 fully saturated rings. The van der Waals surface area contributed by atoms with Gasteiger partial charge in [0.25, 0.3) is 5.91 Å². The van der Waals surface area contributed by atoms with Gasteiger partial charge in [-0.1, -0.05) is 60.7 Å². The van der Waals surface area contributed by atoms with Gasteiger partial charge >= 0.3 is 0 Å². The van der Waals surface area contributed by atoms with Gasteiger partial charge in [0.15, 0.2) is 0 Å². The van der Waals surface area contributed by atoms with Gasteiger partial charge in [-0.25, -0.2) is 0 Å². The summed E-state index contributed by atoms with van der Waals surface area (Å²) in [6.07, 6.45) is 4.12. The minimum absolute atomic E-state index is 0.0671. The Kier molecular flexibility index (Phi) is 4.47. The Morgan fingerprint density at radius 2 is 1.50 bits per heavy atom. The van der Waals surface area contributed by atoms with E-state index in [1.807, 2.05) is 60.0 Å². The molecule has 1 heterocycles. The van der Waals surface area contributed by atoms with Gasteiger partial charge in [0.1, 0.15) is 0 Å². The number of thiophene rings is 1.